The fraction of sp³-hybridized carbons (Fsp3) is 0.562. The Morgan fingerprint density at radius 1 is 1.38 bits per heavy atom. The molecule has 116 valence electrons. The van der Waals surface area contributed by atoms with Crippen LogP contribution < -0.4 is 10.6 Å². The van der Waals surface area contributed by atoms with E-state index in [1.807, 2.05) is 42.1 Å². The first-order chi connectivity index (χ1) is 10.0. The molecule has 0 unspecified atom stereocenters. The van der Waals surface area contributed by atoms with Crippen LogP contribution >= 0.6 is 0 Å². The van der Waals surface area contributed by atoms with E-state index in [9.17, 15) is 4.79 Å². The molecule has 5 nitrogen and oxygen atoms in total. The molecule has 1 fully saturated rings. The molecule has 1 saturated carbocycles. The standard InChI is InChI=1S/C16H25N3O2/c1-18(2)15-7-6-14(17)8-13(15)10-19(9-12-4-5-12)16(20)11-21-3/h6-8,12H,4-5,9-11,17H2,1-3H3. The molecule has 0 bridgehead atoms. The van der Waals surface area contributed by atoms with Crippen molar-refractivity contribution in [1.82, 2.24) is 4.90 Å². The zero-order valence-electron chi connectivity index (χ0n) is 13.1. The van der Waals surface area contributed by atoms with Crippen molar-refractivity contribution < 1.29 is 9.53 Å². The van der Waals surface area contributed by atoms with Crippen LogP contribution in [0, 0.1) is 5.92 Å². The van der Waals surface area contributed by atoms with Crippen molar-refractivity contribution in [3.63, 3.8) is 0 Å². The number of nitrogen functional groups attached to an aromatic ring is 1. The molecule has 1 aromatic rings. The summed E-state index contributed by atoms with van der Waals surface area (Å²) in [5.74, 6) is 0.686. The summed E-state index contributed by atoms with van der Waals surface area (Å²) in [6.45, 7) is 1.52. The first-order valence-corrected chi connectivity index (χ1v) is 7.33. The minimum absolute atomic E-state index is 0.0385. The second-order valence-electron chi connectivity index (χ2n) is 5.93. The number of benzene rings is 1. The molecule has 2 rings (SSSR count). The van der Waals surface area contributed by atoms with Gasteiger partial charge in [-0.25, -0.2) is 0 Å². The van der Waals surface area contributed by atoms with Crippen LogP contribution in [0.15, 0.2) is 18.2 Å². The highest BCUT2D eigenvalue weighted by Crippen LogP contribution is 2.31. The number of ether oxygens (including phenoxy) is 1. The van der Waals surface area contributed by atoms with Gasteiger partial charge in [0.05, 0.1) is 0 Å². The lowest BCUT2D eigenvalue weighted by Gasteiger charge is -2.26. The Bertz CT molecular complexity index is 498. The van der Waals surface area contributed by atoms with E-state index in [1.54, 1.807) is 7.11 Å². The number of methoxy groups -OCH3 is 1. The van der Waals surface area contributed by atoms with Gasteiger partial charge in [0.25, 0.3) is 0 Å². The van der Waals surface area contributed by atoms with Crippen molar-refractivity contribution in [2.75, 3.05) is 45.0 Å². The highest BCUT2D eigenvalue weighted by atomic mass is 16.5. The topological polar surface area (TPSA) is 58.8 Å². The molecule has 1 aromatic carbocycles. The van der Waals surface area contributed by atoms with Gasteiger partial charge < -0.3 is 20.3 Å². The molecule has 2 N–H and O–H groups in total. The normalized spacial score (nSPS) is 14.0. The molecule has 1 aliphatic carbocycles. The molecule has 21 heavy (non-hydrogen) atoms. The van der Waals surface area contributed by atoms with E-state index in [1.165, 1.54) is 12.8 Å². The Morgan fingerprint density at radius 3 is 2.67 bits per heavy atom. The summed E-state index contributed by atoms with van der Waals surface area (Å²) >= 11 is 0. The first-order valence-electron chi connectivity index (χ1n) is 7.33. The number of nitrogens with two attached hydrogens (primary N) is 1. The molecule has 0 heterocycles. The van der Waals surface area contributed by atoms with Gasteiger partial charge in [-0.2, -0.15) is 0 Å². The van der Waals surface area contributed by atoms with Gasteiger partial charge in [-0.15, -0.1) is 0 Å². The Kier molecular flexibility index (Phi) is 5.07. The van der Waals surface area contributed by atoms with Gasteiger partial charge in [-0.1, -0.05) is 0 Å². The van der Waals surface area contributed by atoms with Crippen LogP contribution in [0.25, 0.3) is 0 Å². The van der Waals surface area contributed by atoms with E-state index < -0.39 is 0 Å². The monoisotopic (exact) mass is 291 g/mol. The van der Waals surface area contributed by atoms with E-state index in [2.05, 4.69) is 0 Å². The maximum atomic E-state index is 12.2. The lowest BCUT2D eigenvalue weighted by atomic mass is 10.1. The number of anilines is 2. The van der Waals surface area contributed by atoms with Crippen molar-refractivity contribution in [1.29, 1.82) is 0 Å². The number of hydrogen-bond acceptors (Lipinski definition) is 4. The average Bonchev–Trinajstić information content (AvgIpc) is 3.22. The second kappa shape index (κ2) is 6.80. The minimum Gasteiger partial charge on any atom is -0.399 e. The number of rotatable bonds is 7. The van der Waals surface area contributed by atoms with Gasteiger partial charge >= 0.3 is 0 Å². The largest absolute Gasteiger partial charge is 0.399 e. The van der Waals surface area contributed by atoms with Crippen LogP contribution in [-0.4, -0.2) is 45.2 Å². The highest BCUT2D eigenvalue weighted by Gasteiger charge is 2.27. The van der Waals surface area contributed by atoms with Gasteiger partial charge in [0.15, 0.2) is 0 Å². The Morgan fingerprint density at radius 2 is 2.10 bits per heavy atom. The molecule has 0 radical (unpaired) electrons. The fourth-order valence-electron chi connectivity index (χ4n) is 2.46. The molecule has 5 heteroatoms. The van der Waals surface area contributed by atoms with E-state index >= 15 is 0 Å². The Hall–Kier alpha value is -1.75. The highest BCUT2D eigenvalue weighted by molar-refractivity contribution is 5.78. The third-order valence-corrected chi connectivity index (χ3v) is 3.74. The number of hydrogen-bond donors (Lipinski definition) is 1. The fourth-order valence-corrected chi connectivity index (χ4v) is 2.46. The van der Waals surface area contributed by atoms with Crippen molar-refractivity contribution in [3.8, 4) is 0 Å². The van der Waals surface area contributed by atoms with Gasteiger partial charge in [0.1, 0.15) is 6.61 Å². The van der Waals surface area contributed by atoms with E-state index in [0.29, 0.717) is 12.5 Å². The lowest BCUT2D eigenvalue weighted by Crippen LogP contribution is -2.35. The van der Waals surface area contributed by atoms with E-state index in [-0.39, 0.29) is 12.5 Å². The third kappa shape index (κ3) is 4.36. The van der Waals surface area contributed by atoms with Crippen LogP contribution in [0.5, 0.6) is 0 Å². The first kappa shape index (κ1) is 15.6. The average molecular weight is 291 g/mol. The maximum Gasteiger partial charge on any atom is 0.248 e. The van der Waals surface area contributed by atoms with Crippen LogP contribution in [-0.2, 0) is 16.1 Å². The molecule has 0 aromatic heterocycles. The predicted octanol–water partition coefficient (Wildman–Crippen LogP) is 1.72. The maximum absolute atomic E-state index is 12.2. The molecule has 0 saturated heterocycles. The van der Waals surface area contributed by atoms with Gasteiger partial charge in [0, 0.05) is 45.7 Å². The molecule has 1 amide bonds. The van der Waals surface area contributed by atoms with Crippen molar-refractivity contribution >= 4 is 17.3 Å². The quantitative estimate of drug-likeness (QED) is 0.777. The van der Waals surface area contributed by atoms with Crippen LogP contribution in [0.2, 0.25) is 0 Å². The van der Waals surface area contributed by atoms with Gasteiger partial charge in [-0.05, 0) is 42.5 Å². The lowest BCUT2D eigenvalue weighted by molar-refractivity contribution is -0.136. The molecule has 1 aliphatic rings. The van der Waals surface area contributed by atoms with E-state index in [0.717, 1.165) is 23.5 Å². The summed E-state index contributed by atoms with van der Waals surface area (Å²) < 4.78 is 5.00. The summed E-state index contributed by atoms with van der Waals surface area (Å²) in [6.07, 6.45) is 2.43. The number of carbonyl (C=O) groups excluding carboxylic acids is 1. The van der Waals surface area contributed by atoms with Crippen molar-refractivity contribution in [2.45, 2.75) is 19.4 Å². The zero-order valence-corrected chi connectivity index (χ0v) is 13.1. The van der Waals surface area contributed by atoms with Gasteiger partial charge in [-0.3, -0.25) is 4.79 Å². The SMILES string of the molecule is COCC(=O)N(Cc1cc(N)ccc1N(C)C)CC1CC1. The van der Waals surface area contributed by atoms with Gasteiger partial charge in [0.2, 0.25) is 5.91 Å². The molecule has 0 atom stereocenters. The van der Waals surface area contributed by atoms with E-state index in [4.69, 9.17) is 10.5 Å². The number of nitrogens with zero attached hydrogens (tertiary/aromatic N) is 2. The second-order valence-corrected chi connectivity index (χ2v) is 5.93. The minimum atomic E-state index is 0.0385. The summed E-state index contributed by atoms with van der Waals surface area (Å²) in [4.78, 5) is 16.2. The van der Waals surface area contributed by atoms with Crippen LogP contribution in [0.1, 0.15) is 18.4 Å². The molecular formula is C16H25N3O2. The summed E-state index contributed by atoms with van der Waals surface area (Å²) in [5, 5.41) is 0. The molecular weight excluding hydrogens is 266 g/mol. The Balaban J connectivity index is 2.18. The van der Waals surface area contributed by atoms with Crippen molar-refractivity contribution in [3.05, 3.63) is 23.8 Å². The summed E-state index contributed by atoms with van der Waals surface area (Å²) in [6, 6.07) is 5.84. The summed E-state index contributed by atoms with van der Waals surface area (Å²) in [5.41, 5.74) is 8.80. The van der Waals surface area contributed by atoms with Crippen LogP contribution in [0.4, 0.5) is 11.4 Å². The molecule has 0 spiro atoms. The summed E-state index contributed by atoms with van der Waals surface area (Å²) in [7, 11) is 5.55. The van der Waals surface area contributed by atoms with Crippen molar-refractivity contribution in [2.24, 2.45) is 5.92 Å². The zero-order chi connectivity index (χ0) is 15.4. The Labute approximate surface area is 126 Å². The smallest absolute Gasteiger partial charge is 0.248 e. The third-order valence-electron chi connectivity index (χ3n) is 3.74. The number of carbonyl (C=O) groups is 1. The predicted molar refractivity (Wildman–Crippen MR) is 85.2 cm³/mol. The van der Waals surface area contributed by atoms with Crippen LogP contribution in [0.3, 0.4) is 0 Å². The number of amides is 1. The molecule has 0 aliphatic heterocycles.